The first-order valence-corrected chi connectivity index (χ1v) is 8.45. The van der Waals surface area contributed by atoms with E-state index in [2.05, 4.69) is 34.5 Å². The number of likely N-dealkylation sites (tertiary alicyclic amines) is 1. The van der Waals surface area contributed by atoms with Gasteiger partial charge in [0, 0.05) is 31.2 Å². The number of hydrogen-bond donors (Lipinski definition) is 1. The van der Waals surface area contributed by atoms with E-state index in [0.717, 1.165) is 18.4 Å². The van der Waals surface area contributed by atoms with E-state index < -0.39 is 0 Å². The van der Waals surface area contributed by atoms with E-state index in [1.165, 1.54) is 57.4 Å². The average molecular weight is 270 g/mol. The van der Waals surface area contributed by atoms with E-state index in [9.17, 15) is 0 Å². The van der Waals surface area contributed by atoms with E-state index in [1.807, 2.05) is 0 Å². The number of anilines is 1. The lowest BCUT2D eigenvalue weighted by Gasteiger charge is -2.42. The molecule has 3 aliphatic rings. The Balaban J connectivity index is 1.41. The third kappa shape index (κ3) is 2.35. The molecule has 0 spiro atoms. The lowest BCUT2D eigenvalue weighted by molar-refractivity contribution is 0.0836. The summed E-state index contributed by atoms with van der Waals surface area (Å²) >= 11 is 0. The van der Waals surface area contributed by atoms with Gasteiger partial charge in [0.15, 0.2) is 0 Å². The van der Waals surface area contributed by atoms with Crippen LogP contribution in [0, 0.1) is 11.8 Å². The Labute approximate surface area is 122 Å². The smallest absolute Gasteiger partial charge is 0.0376 e. The highest BCUT2D eigenvalue weighted by Crippen LogP contribution is 2.38. The van der Waals surface area contributed by atoms with E-state index in [4.69, 9.17) is 0 Å². The maximum absolute atomic E-state index is 3.57. The van der Waals surface area contributed by atoms with Gasteiger partial charge in [-0.2, -0.15) is 0 Å². The average Bonchev–Trinajstić information content (AvgIpc) is 2.91. The van der Waals surface area contributed by atoms with E-state index in [-0.39, 0.29) is 0 Å². The molecule has 1 aliphatic carbocycles. The van der Waals surface area contributed by atoms with Crippen molar-refractivity contribution in [2.45, 2.75) is 38.0 Å². The summed E-state index contributed by atoms with van der Waals surface area (Å²) < 4.78 is 0. The Hall–Kier alpha value is -1.02. The number of fused-ring (bicyclic) bond motifs is 2. The molecule has 0 aromatic heterocycles. The number of nitrogens with one attached hydrogen (secondary N) is 1. The molecule has 1 aromatic carbocycles. The standard InChI is InChI=1S/C18H26N2/c1-2-6-15-12-20(10-9-14(15)5-1)13-16-11-19-18-8-4-3-7-17(16)18/h3-4,7-8,14-16,19H,1-2,5-6,9-13H2. The third-order valence-corrected chi connectivity index (χ3v) is 5.79. The Morgan fingerprint density at radius 2 is 1.90 bits per heavy atom. The first kappa shape index (κ1) is 12.7. The van der Waals surface area contributed by atoms with Crippen molar-refractivity contribution >= 4 is 5.69 Å². The molecule has 0 bridgehead atoms. The molecular weight excluding hydrogens is 244 g/mol. The molecule has 1 saturated heterocycles. The minimum absolute atomic E-state index is 0.700. The minimum atomic E-state index is 0.700. The van der Waals surface area contributed by atoms with Gasteiger partial charge in [0.05, 0.1) is 0 Å². The Morgan fingerprint density at radius 1 is 1.05 bits per heavy atom. The molecule has 3 atom stereocenters. The molecule has 1 N–H and O–H groups in total. The second-order valence-electron chi connectivity index (χ2n) is 7.02. The highest BCUT2D eigenvalue weighted by Gasteiger charge is 2.33. The van der Waals surface area contributed by atoms with Gasteiger partial charge in [-0.3, -0.25) is 0 Å². The molecule has 3 unspecified atom stereocenters. The molecule has 2 heteroatoms. The fourth-order valence-corrected chi connectivity index (χ4v) is 4.67. The van der Waals surface area contributed by atoms with Crippen LogP contribution in [0.1, 0.15) is 43.6 Å². The van der Waals surface area contributed by atoms with Crippen LogP contribution >= 0.6 is 0 Å². The lowest BCUT2D eigenvalue weighted by Crippen LogP contribution is -2.43. The van der Waals surface area contributed by atoms with Gasteiger partial charge >= 0.3 is 0 Å². The minimum Gasteiger partial charge on any atom is -0.384 e. The molecule has 2 heterocycles. The summed E-state index contributed by atoms with van der Waals surface area (Å²) in [5.74, 6) is 2.75. The van der Waals surface area contributed by atoms with Crippen molar-refractivity contribution in [3.63, 3.8) is 0 Å². The summed E-state index contributed by atoms with van der Waals surface area (Å²) in [6.45, 7) is 5.08. The van der Waals surface area contributed by atoms with E-state index in [1.54, 1.807) is 5.56 Å². The maximum Gasteiger partial charge on any atom is 0.0376 e. The largest absolute Gasteiger partial charge is 0.384 e. The summed E-state index contributed by atoms with van der Waals surface area (Å²) in [6, 6.07) is 8.87. The normalized spacial score (nSPS) is 33.3. The van der Waals surface area contributed by atoms with Gasteiger partial charge in [-0.15, -0.1) is 0 Å². The summed E-state index contributed by atoms with van der Waals surface area (Å²) in [7, 11) is 0. The van der Waals surface area contributed by atoms with Crippen molar-refractivity contribution < 1.29 is 0 Å². The molecular formula is C18H26N2. The topological polar surface area (TPSA) is 15.3 Å². The van der Waals surface area contributed by atoms with Gasteiger partial charge in [-0.1, -0.05) is 37.5 Å². The van der Waals surface area contributed by atoms with Gasteiger partial charge in [0.25, 0.3) is 0 Å². The third-order valence-electron chi connectivity index (χ3n) is 5.79. The summed E-state index contributed by atoms with van der Waals surface area (Å²) in [4.78, 5) is 2.75. The van der Waals surface area contributed by atoms with Crippen LogP contribution in [0.3, 0.4) is 0 Å². The van der Waals surface area contributed by atoms with E-state index in [0.29, 0.717) is 5.92 Å². The predicted molar refractivity (Wildman–Crippen MR) is 84.2 cm³/mol. The maximum atomic E-state index is 3.57. The number of benzene rings is 1. The van der Waals surface area contributed by atoms with Gasteiger partial charge in [0.2, 0.25) is 0 Å². The van der Waals surface area contributed by atoms with Crippen LogP contribution in [0.2, 0.25) is 0 Å². The first-order chi connectivity index (χ1) is 9.90. The number of rotatable bonds is 2. The molecule has 108 valence electrons. The van der Waals surface area contributed by atoms with Crippen molar-refractivity contribution in [1.29, 1.82) is 0 Å². The van der Waals surface area contributed by atoms with Gasteiger partial charge in [-0.25, -0.2) is 0 Å². The molecule has 0 amide bonds. The highest BCUT2D eigenvalue weighted by molar-refractivity contribution is 5.57. The lowest BCUT2D eigenvalue weighted by atomic mass is 9.75. The summed E-state index contributed by atoms with van der Waals surface area (Å²) in [5.41, 5.74) is 2.91. The molecule has 0 radical (unpaired) electrons. The number of piperidine rings is 1. The van der Waals surface area contributed by atoms with Gasteiger partial charge in [-0.05, 0) is 42.9 Å². The number of nitrogens with zero attached hydrogens (tertiary/aromatic N) is 1. The van der Waals surface area contributed by atoms with Crippen LogP contribution in [0.15, 0.2) is 24.3 Å². The molecule has 2 aliphatic heterocycles. The zero-order valence-corrected chi connectivity index (χ0v) is 12.4. The Morgan fingerprint density at radius 3 is 2.85 bits per heavy atom. The van der Waals surface area contributed by atoms with Crippen molar-refractivity contribution in [2.75, 3.05) is 31.5 Å². The van der Waals surface area contributed by atoms with Gasteiger partial charge in [0.1, 0.15) is 0 Å². The van der Waals surface area contributed by atoms with Crippen LogP contribution in [-0.2, 0) is 0 Å². The quantitative estimate of drug-likeness (QED) is 0.881. The van der Waals surface area contributed by atoms with Crippen LogP contribution < -0.4 is 5.32 Å². The van der Waals surface area contributed by atoms with Crippen LogP contribution in [0.4, 0.5) is 5.69 Å². The van der Waals surface area contributed by atoms with Crippen molar-refractivity contribution in [3.8, 4) is 0 Å². The number of hydrogen-bond acceptors (Lipinski definition) is 2. The fourth-order valence-electron chi connectivity index (χ4n) is 4.67. The Bertz CT molecular complexity index is 470. The number of para-hydroxylation sites is 1. The summed E-state index contributed by atoms with van der Waals surface area (Å²) in [6.07, 6.45) is 7.41. The monoisotopic (exact) mass is 270 g/mol. The second kappa shape index (κ2) is 5.40. The Kier molecular flexibility index (Phi) is 3.43. The van der Waals surface area contributed by atoms with Crippen molar-refractivity contribution in [1.82, 2.24) is 4.90 Å². The highest BCUT2D eigenvalue weighted by atomic mass is 15.1. The van der Waals surface area contributed by atoms with Gasteiger partial charge < -0.3 is 10.2 Å². The second-order valence-corrected chi connectivity index (χ2v) is 7.02. The molecule has 2 fully saturated rings. The molecule has 2 nitrogen and oxygen atoms in total. The van der Waals surface area contributed by atoms with Crippen LogP contribution in [-0.4, -0.2) is 31.1 Å². The zero-order valence-electron chi connectivity index (χ0n) is 12.4. The predicted octanol–water partition coefficient (Wildman–Crippen LogP) is 3.71. The van der Waals surface area contributed by atoms with E-state index >= 15 is 0 Å². The van der Waals surface area contributed by atoms with Crippen LogP contribution in [0.25, 0.3) is 0 Å². The summed E-state index contributed by atoms with van der Waals surface area (Å²) in [5, 5.41) is 3.57. The SMILES string of the molecule is c1ccc2c(c1)NCC2CN1CCC2CCCCC2C1. The fraction of sp³-hybridized carbons (Fsp3) is 0.667. The molecule has 20 heavy (non-hydrogen) atoms. The zero-order chi connectivity index (χ0) is 13.4. The van der Waals surface area contributed by atoms with Crippen molar-refractivity contribution in [2.24, 2.45) is 11.8 Å². The first-order valence-electron chi connectivity index (χ1n) is 8.45. The van der Waals surface area contributed by atoms with Crippen molar-refractivity contribution in [3.05, 3.63) is 29.8 Å². The molecule has 4 rings (SSSR count). The molecule has 1 saturated carbocycles. The van der Waals surface area contributed by atoms with Crippen LogP contribution in [0.5, 0.6) is 0 Å². The molecule has 1 aromatic rings.